The van der Waals surface area contributed by atoms with Gasteiger partial charge in [-0.15, -0.1) is 0 Å². The Morgan fingerprint density at radius 3 is 2.61 bits per heavy atom. The number of halogens is 4. The number of rotatable bonds is 1. The first-order valence-corrected chi connectivity index (χ1v) is 10.3. The molecule has 1 heterocycles. The van der Waals surface area contributed by atoms with E-state index < -0.39 is 50.0 Å². The van der Waals surface area contributed by atoms with Crippen LogP contribution in [0.3, 0.4) is 0 Å². The lowest BCUT2D eigenvalue weighted by atomic mass is 9.71. The maximum atomic E-state index is 13.4. The van der Waals surface area contributed by atoms with Crippen molar-refractivity contribution >= 4 is 31.7 Å². The molecule has 0 radical (unpaired) electrons. The number of hydrogen-bond donors (Lipinski definition) is 1. The fourth-order valence-electron chi connectivity index (χ4n) is 3.93. The van der Waals surface area contributed by atoms with Gasteiger partial charge >= 0.3 is 11.5 Å². The number of hydrogen-bond acceptors (Lipinski definition) is 5. The minimum Gasteiger partial charge on any atom is -0.508 e. The Labute approximate surface area is 167 Å². The number of phenolic OH excluding ortho intramolecular Hbond substituents is 1. The number of fused-ring (bicyclic) bond motifs is 4. The van der Waals surface area contributed by atoms with Gasteiger partial charge < -0.3 is 9.84 Å². The summed E-state index contributed by atoms with van der Waals surface area (Å²) in [6.45, 7) is 0. The van der Waals surface area contributed by atoms with E-state index in [-0.39, 0.29) is 23.5 Å². The molecule has 2 unspecified atom stereocenters. The van der Waals surface area contributed by atoms with Crippen LogP contribution in [0, 0.1) is 0 Å². The summed E-state index contributed by atoms with van der Waals surface area (Å²) in [5, 5.41) is 10.5. The van der Waals surface area contributed by atoms with Gasteiger partial charge in [0.05, 0.1) is 11.3 Å². The van der Waals surface area contributed by atoms with Crippen LogP contribution in [0.15, 0.2) is 39.7 Å². The van der Waals surface area contributed by atoms with E-state index in [0.717, 1.165) is 12.1 Å². The SMILES string of the molecule is [2H]C1Cc2c(Br)ccc(O)c2C12CC(=O)Oc1cccc(S(=O)(=O)C(F)(F)F)c12. The number of carbonyl (C=O) groups is 1. The average Bonchev–Trinajstić information content (AvgIpc) is 2.90. The molecular weight excluding hydrogens is 465 g/mol. The Hall–Kier alpha value is -2.07. The first kappa shape index (κ1) is 18.0. The van der Waals surface area contributed by atoms with Crippen molar-refractivity contribution in [3.63, 3.8) is 0 Å². The molecule has 1 spiro atoms. The van der Waals surface area contributed by atoms with Crippen LogP contribution < -0.4 is 4.74 Å². The van der Waals surface area contributed by atoms with Crippen LogP contribution in [0.4, 0.5) is 13.2 Å². The van der Waals surface area contributed by atoms with Crippen molar-refractivity contribution in [1.29, 1.82) is 0 Å². The Morgan fingerprint density at radius 1 is 1.21 bits per heavy atom. The third-order valence-electron chi connectivity index (χ3n) is 5.01. The van der Waals surface area contributed by atoms with Crippen molar-refractivity contribution < 1.29 is 37.6 Å². The number of carbonyl (C=O) groups excluding carboxylic acids is 1. The Morgan fingerprint density at radius 2 is 1.93 bits per heavy atom. The van der Waals surface area contributed by atoms with Gasteiger partial charge in [-0.25, -0.2) is 8.42 Å². The Kier molecular flexibility index (Phi) is 3.83. The zero-order valence-corrected chi connectivity index (χ0v) is 16.3. The first-order chi connectivity index (χ1) is 13.4. The van der Waals surface area contributed by atoms with Crippen molar-refractivity contribution in [3.8, 4) is 11.5 Å². The fraction of sp³-hybridized carbons (Fsp3) is 0.278. The van der Waals surface area contributed by atoms with Crippen LogP contribution in [0.2, 0.25) is 0 Å². The van der Waals surface area contributed by atoms with Crippen molar-refractivity contribution in [2.45, 2.75) is 35.1 Å². The van der Waals surface area contributed by atoms with Gasteiger partial charge in [0.15, 0.2) is 0 Å². The maximum Gasteiger partial charge on any atom is 0.501 e. The highest BCUT2D eigenvalue weighted by Gasteiger charge is 2.55. The molecule has 1 aliphatic carbocycles. The molecule has 2 atom stereocenters. The number of ether oxygens (including phenoxy) is 1. The van der Waals surface area contributed by atoms with E-state index in [1.165, 1.54) is 18.2 Å². The van der Waals surface area contributed by atoms with E-state index in [2.05, 4.69) is 15.9 Å². The lowest BCUT2D eigenvalue weighted by molar-refractivity contribution is -0.137. The second-order valence-corrected chi connectivity index (χ2v) is 9.29. The Bertz CT molecular complexity index is 1160. The number of phenols is 1. The molecule has 10 heteroatoms. The zero-order chi connectivity index (χ0) is 21.4. The quantitative estimate of drug-likeness (QED) is 0.496. The molecule has 0 saturated heterocycles. The largest absolute Gasteiger partial charge is 0.508 e. The second kappa shape index (κ2) is 5.96. The number of sulfone groups is 1. The standard InChI is InChI=1S/C18H12BrF3O5S/c19-10-4-5-11(23)15-9(10)6-7-17(15)8-14(24)27-12-2-1-3-13(16(12)17)28(25,26)18(20,21)22/h1-5,23H,6-8H2/i7D. The van der Waals surface area contributed by atoms with Gasteiger partial charge in [0.1, 0.15) is 11.5 Å². The minimum atomic E-state index is -5.82. The summed E-state index contributed by atoms with van der Waals surface area (Å²) >= 11 is 3.29. The van der Waals surface area contributed by atoms with Gasteiger partial charge in [-0.2, -0.15) is 13.2 Å². The zero-order valence-electron chi connectivity index (χ0n) is 14.9. The summed E-state index contributed by atoms with van der Waals surface area (Å²) in [4.78, 5) is 11.2. The summed E-state index contributed by atoms with van der Waals surface area (Å²) in [7, 11) is -5.82. The number of aromatic hydroxyl groups is 1. The number of alkyl halides is 3. The van der Waals surface area contributed by atoms with Crippen molar-refractivity contribution in [3.05, 3.63) is 51.5 Å². The highest BCUT2D eigenvalue weighted by Crippen LogP contribution is 2.58. The summed E-state index contributed by atoms with van der Waals surface area (Å²) in [5.74, 6) is -1.53. The predicted octanol–water partition coefficient (Wildman–Crippen LogP) is 3.99. The molecule has 1 N–H and O–H groups in total. The topological polar surface area (TPSA) is 80.7 Å². The molecule has 5 nitrogen and oxygen atoms in total. The van der Waals surface area contributed by atoms with E-state index in [9.17, 15) is 31.5 Å². The summed E-state index contributed by atoms with van der Waals surface area (Å²) in [6.07, 6.45) is -1.80. The van der Waals surface area contributed by atoms with Gasteiger partial charge in [0.25, 0.3) is 9.84 Å². The summed E-state index contributed by atoms with van der Waals surface area (Å²) < 4.78 is 78.9. The van der Waals surface area contributed by atoms with Crippen LogP contribution in [0.25, 0.3) is 0 Å². The van der Waals surface area contributed by atoms with Crippen LogP contribution in [-0.2, 0) is 26.5 Å². The maximum absolute atomic E-state index is 13.4. The van der Waals surface area contributed by atoms with Crippen LogP contribution in [0.1, 0.15) is 30.9 Å². The van der Waals surface area contributed by atoms with Gasteiger partial charge in [-0.1, -0.05) is 22.0 Å². The smallest absolute Gasteiger partial charge is 0.501 e. The number of benzene rings is 2. The van der Waals surface area contributed by atoms with Crippen LogP contribution >= 0.6 is 15.9 Å². The molecule has 0 bridgehead atoms. The normalized spacial score (nSPS) is 24.5. The molecule has 2 aromatic rings. The van der Waals surface area contributed by atoms with E-state index >= 15 is 0 Å². The lowest BCUT2D eigenvalue weighted by Gasteiger charge is -2.37. The summed E-state index contributed by atoms with van der Waals surface area (Å²) in [5.41, 5.74) is -7.32. The van der Waals surface area contributed by atoms with Crippen LogP contribution in [-0.4, -0.2) is 25.0 Å². The second-order valence-electron chi connectivity index (χ2n) is 6.53. The fourth-order valence-corrected chi connectivity index (χ4v) is 5.48. The molecule has 0 saturated carbocycles. The molecule has 1 aliphatic heterocycles. The highest BCUT2D eigenvalue weighted by atomic mass is 79.9. The first-order valence-electron chi connectivity index (χ1n) is 8.57. The monoisotopic (exact) mass is 477 g/mol. The van der Waals surface area contributed by atoms with Crippen molar-refractivity contribution in [2.75, 3.05) is 0 Å². The van der Waals surface area contributed by atoms with Crippen molar-refractivity contribution in [2.24, 2.45) is 0 Å². The highest BCUT2D eigenvalue weighted by molar-refractivity contribution is 9.10. The van der Waals surface area contributed by atoms with Crippen molar-refractivity contribution in [1.82, 2.24) is 0 Å². The molecule has 28 heavy (non-hydrogen) atoms. The predicted molar refractivity (Wildman–Crippen MR) is 94.8 cm³/mol. The van der Waals surface area contributed by atoms with Crippen LogP contribution in [0.5, 0.6) is 11.5 Å². The lowest BCUT2D eigenvalue weighted by Crippen LogP contribution is -2.38. The minimum absolute atomic E-state index is 0.00254. The molecular formula is C18H12BrF3O5S. The molecule has 4 rings (SSSR count). The van der Waals surface area contributed by atoms with Gasteiger partial charge in [-0.05, 0) is 42.6 Å². The summed E-state index contributed by atoms with van der Waals surface area (Å²) in [6, 6.07) is 5.80. The molecule has 148 valence electrons. The van der Waals surface area contributed by atoms with E-state index in [4.69, 9.17) is 6.11 Å². The molecule has 0 aromatic heterocycles. The van der Waals surface area contributed by atoms with E-state index in [1.54, 1.807) is 0 Å². The average molecular weight is 478 g/mol. The molecule has 2 aromatic carbocycles. The van der Waals surface area contributed by atoms with Gasteiger partial charge in [0.2, 0.25) is 0 Å². The molecule has 0 fully saturated rings. The molecule has 0 amide bonds. The third kappa shape index (κ3) is 2.50. The van der Waals surface area contributed by atoms with Gasteiger partial charge in [-0.3, -0.25) is 4.79 Å². The number of esters is 1. The molecule has 2 aliphatic rings. The van der Waals surface area contributed by atoms with E-state index in [0.29, 0.717) is 10.0 Å². The third-order valence-corrected chi connectivity index (χ3v) is 7.28. The van der Waals surface area contributed by atoms with E-state index in [1.807, 2.05) is 0 Å². The van der Waals surface area contributed by atoms with Gasteiger partial charge in [0, 0.05) is 22.4 Å². The Balaban J connectivity index is 2.16.